The molecule has 0 radical (unpaired) electrons. The Morgan fingerprint density at radius 1 is 1.28 bits per heavy atom. The Hall–Kier alpha value is -3.50. The van der Waals surface area contributed by atoms with Crippen molar-refractivity contribution in [3.8, 4) is 5.75 Å². The third-order valence-electron chi connectivity index (χ3n) is 5.81. The number of furan rings is 1. The Morgan fingerprint density at radius 3 is 2.72 bits per heavy atom. The molecular formula is C25H20ClF2N3O4S. The zero-order valence-corrected chi connectivity index (χ0v) is 20.5. The van der Waals surface area contributed by atoms with Crippen LogP contribution >= 0.6 is 22.9 Å². The molecule has 0 spiro atoms. The molecule has 4 aromatic rings. The number of primary amides is 1. The molecule has 0 atom stereocenters. The molecule has 0 saturated heterocycles. The largest absolute Gasteiger partial charge is 0.485 e. The van der Waals surface area contributed by atoms with Crippen LogP contribution in [0.4, 0.5) is 14.5 Å². The Bertz CT molecular complexity index is 1500. The number of benzene rings is 1. The first-order chi connectivity index (χ1) is 17.2. The van der Waals surface area contributed by atoms with Crippen molar-refractivity contribution in [3.05, 3.63) is 74.6 Å². The molecule has 1 aromatic carbocycles. The molecular weight excluding hydrogens is 512 g/mol. The van der Waals surface area contributed by atoms with Gasteiger partial charge in [0.15, 0.2) is 5.76 Å². The number of hydrogen-bond acceptors (Lipinski definition) is 6. The van der Waals surface area contributed by atoms with Gasteiger partial charge in [-0.2, -0.15) is 0 Å². The van der Waals surface area contributed by atoms with Gasteiger partial charge in [-0.05, 0) is 73.2 Å². The summed E-state index contributed by atoms with van der Waals surface area (Å²) >= 11 is 6.85. The van der Waals surface area contributed by atoms with Crippen molar-refractivity contribution < 1.29 is 27.5 Å². The zero-order chi connectivity index (χ0) is 25.6. The second-order valence-electron chi connectivity index (χ2n) is 8.48. The summed E-state index contributed by atoms with van der Waals surface area (Å²) in [5.74, 6) is -0.335. The molecule has 0 aliphatic heterocycles. The van der Waals surface area contributed by atoms with Gasteiger partial charge >= 0.3 is 0 Å². The van der Waals surface area contributed by atoms with Crippen LogP contribution in [0.3, 0.4) is 0 Å². The maximum absolute atomic E-state index is 13.4. The molecule has 3 aromatic heterocycles. The molecule has 3 heterocycles. The minimum atomic E-state index is -2.76. The lowest BCUT2D eigenvalue weighted by Crippen LogP contribution is -2.16. The number of aryl methyl sites for hydroxylation is 1. The number of nitrogens with zero attached hydrogens (tertiary/aromatic N) is 1. The van der Waals surface area contributed by atoms with Gasteiger partial charge in [-0.1, -0.05) is 11.6 Å². The summed E-state index contributed by atoms with van der Waals surface area (Å²) in [7, 11) is 0. The number of anilines is 1. The number of halogens is 3. The molecule has 0 unspecified atom stereocenters. The standard InChI is InChI=1S/C25H20ClF2N3O4S/c1-11-8-13(26)4-6-17(11)34-10-14-5-7-18(35-14)24(33)31-20-19-15(12-2-3-12)9-16(22(27)28)30-25(19)36-21(20)23(29)32/h4-9,12,22H,2-3,10H2,1H3,(H2,29,32)(H,31,33). The van der Waals surface area contributed by atoms with Crippen molar-refractivity contribution in [2.24, 2.45) is 5.73 Å². The summed E-state index contributed by atoms with van der Waals surface area (Å²) in [6.07, 6.45) is -1.11. The number of carbonyl (C=O) groups excluding carboxylic acids is 2. The number of thiophene rings is 1. The lowest BCUT2D eigenvalue weighted by molar-refractivity contribution is 0.0992. The molecule has 1 aliphatic rings. The SMILES string of the molecule is Cc1cc(Cl)ccc1OCc1ccc(C(=O)Nc2c(C(N)=O)sc3nc(C(F)F)cc(C4CC4)c23)o1. The zero-order valence-electron chi connectivity index (χ0n) is 18.9. The maximum Gasteiger partial charge on any atom is 0.291 e. The van der Waals surface area contributed by atoms with Crippen LogP contribution in [0.1, 0.15) is 68.0 Å². The van der Waals surface area contributed by atoms with Crippen LogP contribution in [0.5, 0.6) is 5.75 Å². The molecule has 36 heavy (non-hydrogen) atoms. The normalized spacial score (nSPS) is 13.4. The third kappa shape index (κ3) is 4.78. The summed E-state index contributed by atoms with van der Waals surface area (Å²) in [6, 6.07) is 9.66. The number of pyridine rings is 1. The number of alkyl halides is 2. The highest BCUT2D eigenvalue weighted by molar-refractivity contribution is 7.21. The van der Waals surface area contributed by atoms with Gasteiger partial charge in [0, 0.05) is 10.4 Å². The van der Waals surface area contributed by atoms with E-state index in [4.69, 9.17) is 26.5 Å². The van der Waals surface area contributed by atoms with Crippen LogP contribution in [0.15, 0.2) is 40.8 Å². The lowest BCUT2D eigenvalue weighted by Gasteiger charge is -2.09. The third-order valence-corrected chi connectivity index (χ3v) is 7.14. The van der Waals surface area contributed by atoms with E-state index in [0.717, 1.165) is 29.7 Å². The maximum atomic E-state index is 13.4. The fraction of sp³-hybridized carbons (Fsp3) is 0.240. The van der Waals surface area contributed by atoms with E-state index in [2.05, 4.69) is 10.3 Å². The predicted octanol–water partition coefficient (Wildman–Crippen LogP) is 6.60. The van der Waals surface area contributed by atoms with Crippen LogP contribution in [0.2, 0.25) is 5.02 Å². The Morgan fingerprint density at radius 2 is 2.06 bits per heavy atom. The van der Waals surface area contributed by atoms with E-state index in [1.165, 1.54) is 12.1 Å². The van der Waals surface area contributed by atoms with Crippen LogP contribution in [0.25, 0.3) is 10.2 Å². The number of carbonyl (C=O) groups is 2. The number of nitrogens with two attached hydrogens (primary N) is 1. The van der Waals surface area contributed by atoms with Crippen molar-refractivity contribution in [2.45, 2.75) is 38.7 Å². The quantitative estimate of drug-likeness (QED) is 0.266. The number of fused-ring (bicyclic) bond motifs is 1. The number of aromatic nitrogens is 1. The number of amides is 2. The highest BCUT2D eigenvalue weighted by Crippen LogP contribution is 2.48. The van der Waals surface area contributed by atoms with Gasteiger partial charge < -0.3 is 20.2 Å². The van der Waals surface area contributed by atoms with Crippen LogP contribution in [-0.4, -0.2) is 16.8 Å². The van der Waals surface area contributed by atoms with Crippen molar-refractivity contribution >= 4 is 50.7 Å². The van der Waals surface area contributed by atoms with Crippen molar-refractivity contribution in [1.29, 1.82) is 0 Å². The summed E-state index contributed by atoms with van der Waals surface area (Å²) in [5, 5.41) is 3.76. The van der Waals surface area contributed by atoms with Gasteiger partial charge in [-0.15, -0.1) is 11.3 Å². The summed E-state index contributed by atoms with van der Waals surface area (Å²) in [4.78, 5) is 29.5. The van der Waals surface area contributed by atoms with E-state index in [1.54, 1.807) is 24.3 Å². The fourth-order valence-corrected chi connectivity index (χ4v) is 5.19. The number of hydrogen-bond donors (Lipinski definition) is 2. The van der Waals surface area contributed by atoms with Gasteiger partial charge in [0.2, 0.25) is 0 Å². The lowest BCUT2D eigenvalue weighted by atomic mass is 10.0. The van der Waals surface area contributed by atoms with Crippen molar-refractivity contribution in [3.63, 3.8) is 0 Å². The van der Waals surface area contributed by atoms with E-state index >= 15 is 0 Å². The Labute approximate surface area is 213 Å². The Kier molecular flexibility index (Phi) is 6.40. The highest BCUT2D eigenvalue weighted by Gasteiger charge is 2.32. The minimum absolute atomic E-state index is 0.0127. The van der Waals surface area contributed by atoms with E-state index < -0.39 is 18.2 Å². The molecule has 1 fully saturated rings. The van der Waals surface area contributed by atoms with E-state index in [1.807, 2.05) is 6.92 Å². The van der Waals surface area contributed by atoms with Gasteiger partial charge in [0.05, 0.1) is 5.69 Å². The first kappa shape index (κ1) is 24.2. The molecule has 5 rings (SSSR count). The summed E-state index contributed by atoms with van der Waals surface area (Å²) in [5.41, 5.74) is 6.82. The molecule has 2 amide bonds. The molecule has 186 valence electrons. The monoisotopic (exact) mass is 531 g/mol. The number of rotatable bonds is 8. The highest BCUT2D eigenvalue weighted by atomic mass is 35.5. The van der Waals surface area contributed by atoms with Gasteiger partial charge in [-0.25, -0.2) is 13.8 Å². The van der Waals surface area contributed by atoms with Gasteiger partial charge in [-0.3, -0.25) is 9.59 Å². The first-order valence-corrected chi connectivity index (χ1v) is 12.2. The Balaban J connectivity index is 1.41. The average Bonchev–Trinajstić information content (AvgIpc) is 3.45. The van der Waals surface area contributed by atoms with E-state index in [9.17, 15) is 18.4 Å². The van der Waals surface area contributed by atoms with Crippen LogP contribution in [-0.2, 0) is 6.61 Å². The van der Waals surface area contributed by atoms with Crippen LogP contribution < -0.4 is 15.8 Å². The van der Waals surface area contributed by atoms with Gasteiger partial charge in [0.1, 0.15) is 33.5 Å². The number of nitrogens with one attached hydrogen (secondary N) is 1. The topological polar surface area (TPSA) is 107 Å². The molecule has 0 bridgehead atoms. The average molecular weight is 532 g/mol. The second kappa shape index (κ2) is 9.51. The second-order valence-corrected chi connectivity index (χ2v) is 9.92. The molecule has 7 nitrogen and oxygen atoms in total. The van der Waals surface area contributed by atoms with E-state index in [-0.39, 0.29) is 39.4 Å². The molecule has 3 N–H and O–H groups in total. The molecule has 11 heteroatoms. The number of ether oxygens (including phenoxy) is 1. The van der Waals surface area contributed by atoms with Crippen molar-refractivity contribution in [2.75, 3.05) is 5.32 Å². The van der Waals surface area contributed by atoms with Crippen molar-refractivity contribution in [1.82, 2.24) is 4.98 Å². The fourth-order valence-electron chi connectivity index (χ4n) is 3.94. The molecule has 1 saturated carbocycles. The minimum Gasteiger partial charge on any atom is -0.485 e. The molecule has 1 aliphatic carbocycles. The predicted molar refractivity (Wildman–Crippen MR) is 132 cm³/mol. The van der Waals surface area contributed by atoms with Gasteiger partial charge in [0.25, 0.3) is 18.2 Å². The first-order valence-electron chi connectivity index (χ1n) is 11.1. The summed E-state index contributed by atoms with van der Waals surface area (Å²) in [6.45, 7) is 1.94. The summed E-state index contributed by atoms with van der Waals surface area (Å²) < 4.78 is 38.2. The van der Waals surface area contributed by atoms with E-state index in [0.29, 0.717) is 27.5 Å². The van der Waals surface area contributed by atoms with Crippen LogP contribution in [0, 0.1) is 6.92 Å². The smallest absolute Gasteiger partial charge is 0.291 e.